The molecule has 0 aromatic heterocycles. The number of ether oxygens (including phenoxy) is 2. The van der Waals surface area contributed by atoms with Crippen LogP contribution in [0.5, 0.6) is 0 Å². The first kappa shape index (κ1) is 10.7. The summed E-state index contributed by atoms with van der Waals surface area (Å²) in [6.07, 6.45) is 2.12. The highest BCUT2D eigenvalue weighted by molar-refractivity contribution is 6.18. The molecule has 2 aliphatic rings. The first-order chi connectivity index (χ1) is 6.80. The molecule has 1 N–H and O–H groups in total. The number of alkyl halides is 1. The van der Waals surface area contributed by atoms with Gasteiger partial charge in [0.25, 0.3) is 0 Å². The molecule has 0 radical (unpaired) electrons. The van der Waals surface area contributed by atoms with Crippen LogP contribution < -0.4 is 5.32 Å². The second-order valence-electron chi connectivity index (χ2n) is 4.08. The summed E-state index contributed by atoms with van der Waals surface area (Å²) >= 11 is 5.78. The highest BCUT2D eigenvalue weighted by Crippen LogP contribution is 2.37. The van der Waals surface area contributed by atoms with Crippen LogP contribution in [0.3, 0.4) is 0 Å². The van der Waals surface area contributed by atoms with Crippen molar-refractivity contribution in [2.75, 3.05) is 25.6 Å². The summed E-state index contributed by atoms with van der Waals surface area (Å²) in [6, 6.07) is 0. The zero-order valence-corrected chi connectivity index (χ0v) is 9.35. The number of hydrogen-bond donors (Lipinski definition) is 1. The Labute approximate surface area is 90.1 Å². The second-order valence-corrected chi connectivity index (χ2v) is 4.38. The Balaban J connectivity index is 2.05. The van der Waals surface area contributed by atoms with Gasteiger partial charge in [0, 0.05) is 25.4 Å². The maximum atomic E-state index is 5.95. The SMILES string of the molecule is CCC1CNCCC12OCC(CCl)O2. The molecule has 0 amide bonds. The molecular formula is C10H18ClNO2. The minimum Gasteiger partial charge on any atom is -0.347 e. The zero-order valence-electron chi connectivity index (χ0n) is 8.59. The Kier molecular flexibility index (Phi) is 3.32. The first-order valence-corrected chi connectivity index (χ1v) is 5.92. The number of nitrogens with one attached hydrogen (secondary N) is 1. The lowest BCUT2D eigenvalue weighted by Crippen LogP contribution is -2.51. The van der Waals surface area contributed by atoms with Gasteiger partial charge in [0.2, 0.25) is 0 Å². The van der Waals surface area contributed by atoms with Crippen molar-refractivity contribution in [1.29, 1.82) is 0 Å². The van der Waals surface area contributed by atoms with E-state index in [0.717, 1.165) is 25.9 Å². The summed E-state index contributed by atoms with van der Waals surface area (Å²) < 4.78 is 11.8. The van der Waals surface area contributed by atoms with Crippen LogP contribution in [-0.4, -0.2) is 37.5 Å². The molecule has 0 bridgehead atoms. The third-order valence-corrected chi connectivity index (χ3v) is 3.55. The van der Waals surface area contributed by atoms with Crippen molar-refractivity contribution in [2.45, 2.75) is 31.7 Å². The van der Waals surface area contributed by atoms with Crippen LogP contribution in [-0.2, 0) is 9.47 Å². The van der Waals surface area contributed by atoms with Gasteiger partial charge in [-0.05, 0) is 6.42 Å². The highest BCUT2D eigenvalue weighted by Gasteiger charge is 2.47. The van der Waals surface area contributed by atoms with Crippen molar-refractivity contribution >= 4 is 11.6 Å². The molecule has 2 saturated heterocycles. The molecule has 3 nitrogen and oxygen atoms in total. The van der Waals surface area contributed by atoms with Crippen LogP contribution in [0.2, 0.25) is 0 Å². The fourth-order valence-corrected chi connectivity index (χ4v) is 2.51. The number of rotatable bonds is 2. The van der Waals surface area contributed by atoms with E-state index in [1.807, 2.05) is 0 Å². The van der Waals surface area contributed by atoms with Gasteiger partial charge in [-0.25, -0.2) is 0 Å². The molecule has 0 saturated carbocycles. The van der Waals surface area contributed by atoms with E-state index in [0.29, 0.717) is 18.4 Å². The largest absolute Gasteiger partial charge is 0.347 e. The number of hydrogen-bond acceptors (Lipinski definition) is 3. The van der Waals surface area contributed by atoms with Crippen LogP contribution in [0.1, 0.15) is 19.8 Å². The Hall–Kier alpha value is 0.170. The van der Waals surface area contributed by atoms with Crippen LogP contribution in [0.25, 0.3) is 0 Å². The fraction of sp³-hybridized carbons (Fsp3) is 1.00. The molecular weight excluding hydrogens is 202 g/mol. The third kappa shape index (κ3) is 1.78. The van der Waals surface area contributed by atoms with Gasteiger partial charge >= 0.3 is 0 Å². The molecule has 3 atom stereocenters. The van der Waals surface area contributed by atoms with E-state index in [-0.39, 0.29) is 11.9 Å². The van der Waals surface area contributed by atoms with Gasteiger partial charge in [-0.15, -0.1) is 11.6 Å². The average Bonchev–Trinajstić information content (AvgIpc) is 2.63. The van der Waals surface area contributed by atoms with Gasteiger partial charge in [0.05, 0.1) is 18.6 Å². The first-order valence-electron chi connectivity index (χ1n) is 5.39. The van der Waals surface area contributed by atoms with E-state index in [4.69, 9.17) is 21.1 Å². The van der Waals surface area contributed by atoms with Crippen molar-refractivity contribution in [1.82, 2.24) is 5.32 Å². The highest BCUT2D eigenvalue weighted by atomic mass is 35.5. The maximum absolute atomic E-state index is 5.95. The number of piperidine rings is 1. The Morgan fingerprint density at radius 2 is 2.43 bits per heavy atom. The molecule has 4 heteroatoms. The zero-order chi connectivity index (χ0) is 10.0. The van der Waals surface area contributed by atoms with Crippen LogP contribution in [0.15, 0.2) is 0 Å². The summed E-state index contributed by atoms with van der Waals surface area (Å²) in [5.74, 6) is 0.662. The van der Waals surface area contributed by atoms with E-state index in [1.54, 1.807) is 0 Å². The van der Waals surface area contributed by atoms with Gasteiger partial charge in [0.1, 0.15) is 0 Å². The van der Waals surface area contributed by atoms with Crippen molar-refractivity contribution in [3.05, 3.63) is 0 Å². The topological polar surface area (TPSA) is 30.5 Å². The standard InChI is InChI=1S/C10H18ClNO2/c1-2-8-6-12-4-3-10(8)13-7-9(5-11)14-10/h8-9,12H,2-7H2,1H3. The summed E-state index contributed by atoms with van der Waals surface area (Å²) in [4.78, 5) is 0. The van der Waals surface area contributed by atoms with Crippen molar-refractivity contribution < 1.29 is 9.47 Å². The maximum Gasteiger partial charge on any atom is 0.174 e. The Bertz CT molecular complexity index is 203. The Morgan fingerprint density at radius 1 is 1.57 bits per heavy atom. The van der Waals surface area contributed by atoms with Gasteiger partial charge in [-0.3, -0.25) is 0 Å². The van der Waals surface area contributed by atoms with Gasteiger partial charge in [0.15, 0.2) is 5.79 Å². The molecule has 1 spiro atoms. The van der Waals surface area contributed by atoms with Crippen molar-refractivity contribution in [3.8, 4) is 0 Å². The van der Waals surface area contributed by atoms with E-state index in [2.05, 4.69) is 12.2 Å². The van der Waals surface area contributed by atoms with Crippen LogP contribution in [0, 0.1) is 5.92 Å². The average molecular weight is 220 g/mol. The van der Waals surface area contributed by atoms with E-state index in [9.17, 15) is 0 Å². The fourth-order valence-electron chi connectivity index (χ4n) is 2.36. The normalized spacial score (nSPS) is 43.3. The lowest BCUT2D eigenvalue weighted by Gasteiger charge is -2.39. The van der Waals surface area contributed by atoms with Crippen LogP contribution in [0.4, 0.5) is 0 Å². The summed E-state index contributed by atoms with van der Waals surface area (Å²) in [5.41, 5.74) is 0. The Morgan fingerprint density at radius 3 is 3.07 bits per heavy atom. The van der Waals surface area contributed by atoms with E-state index >= 15 is 0 Å². The number of halogens is 1. The summed E-state index contributed by atoms with van der Waals surface area (Å²) in [6.45, 7) is 4.80. The smallest absolute Gasteiger partial charge is 0.174 e. The predicted octanol–water partition coefficient (Wildman–Crippen LogP) is 1.36. The minimum atomic E-state index is -0.334. The quantitative estimate of drug-likeness (QED) is 0.712. The molecule has 2 fully saturated rings. The molecule has 0 aliphatic carbocycles. The molecule has 2 heterocycles. The second kappa shape index (κ2) is 4.35. The molecule has 14 heavy (non-hydrogen) atoms. The van der Waals surface area contributed by atoms with Gasteiger partial charge in [-0.1, -0.05) is 6.92 Å². The lowest BCUT2D eigenvalue weighted by atomic mass is 9.90. The minimum absolute atomic E-state index is 0.0869. The molecule has 82 valence electrons. The van der Waals surface area contributed by atoms with E-state index < -0.39 is 0 Å². The molecule has 2 rings (SSSR count). The molecule has 0 aromatic carbocycles. The van der Waals surface area contributed by atoms with E-state index in [1.165, 1.54) is 0 Å². The predicted molar refractivity (Wildman–Crippen MR) is 55.5 cm³/mol. The van der Waals surface area contributed by atoms with Crippen molar-refractivity contribution in [2.24, 2.45) is 5.92 Å². The lowest BCUT2D eigenvalue weighted by molar-refractivity contribution is -0.215. The van der Waals surface area contributed by atoms with Gasteiger partial charge in [-0.2, -0.15) is 0 Å². The summed E-state index contributed by atoms with van der Waals surface area (Å²) in [5, 5.41) is 3.38. The monoisotopic (exact) mass is 219 g/mol. The van der Waals surface area contributed by atoms with Crippen molar-refractivity contribution in [3.63, 3.8) is 0 Å². The van der Waals surface area contributed by atoms with Crippen LogP contribution >= 0.6 is 11.6 Å². The van der Waals surface area contributed by atoms with Gasteiger partial charge < -0.3 is 14.8 Å². The molecule has 0 aromatic rings. The molecule has 2 aliphatic heterocycles. The summed E-state index contributed by atoms with van der Waals surface area (Å²) in [7, 11) is 0. The molecule has 3 unspecified atom stereocenters. The third-order valence-electron chi connectivity index (χ3n) is 3.21.